The van der Waals surface area contributed by atoms with E-state index in [9.17, 15) is 4.79 Å². The van der Waals surface area contributed by atoms with Crippen molar-refractivity contribution in [2.45, 2.75) is 0 Å². The van der Waals surface area contributed by atoms with Crippen molar-refractivity contribution >= 4 is 46.1 Å². The predicted molar refractivity (Wildman–Crippen MR) is 62.4 cm³/mol. The Morgan fingerprint density at radius 3 is 2.62 bits per heavy atom. The van der Waals surface area contributed by atoms with Gasteiger partial charge in [-0.15, -0.1) is 0 Å². The van der Waals surface area contributed by atoms with E-state index in [0.29, 0.717) is 17.1 Å². The molecule has 16 heavy (non-hydrogen) atoms. The van der Waals surface area contributed by atoms with Gasteiger partial charge < -0.3 is 9.47 Å². The molecule has 0 aliphatic carbocycles. The first kappa shape index (κ1) is 11.6. The highest BCUT2D eigenvalue weighted by atomic mass is 35.5. The van der Waals surface area contributed by atoms with Gasteiger partial charge in [0.05, 0.1) is 5.56 Å². The minimum Gasteiger partial charge on any atom is -0.454 e. The van der Waals surface area contributed by atoms with Crippen molar-refractivity contribution in [2.75, 3.05) is 6.79 Å². The second-order valence-corrected chi connectivity index (χ2v) is 4.32. The van der Waals surface area contributed by atoms with Gasteiger partial charge in [-0.2, -0.15) is 0 Å². The molecular weight excluding hydrogens is 274 g/mol. The SMILES string of the molecule is O=C(Cl)c1c(C=C(Cl)Cl)ccc2c1OCO2. The molecule has 6 heteroatoms. The number of benzene rings is 1. The maximum Gasteiger partial charge on any atom is 0.256 e. The van der Waals surface area contributed by atoms with Crippen LogP contribution in [-0.2, 0) is 0 Å². The van der Waals surface area contributed by atoms with E-state index in [4.69, 9.17) is 44.3 Å². The third-order valence-electron chi connectivity index (χ3n) is 2.03. The van der Waals surface area contributed by atoms with Gasteiger partial charge in [0.2, 0.25) is 6.79 Å². The second-order valence-electron chi connectivity index (χ2n) is 2.97. The molecule has 1 aromatic rings. The first-order valence-corrected chi connectivity index (χ1v) is 5.38. The predicted octanol–water partition coefficient (Wildman–Crippen LogP) is 3.57. The Balaban J connectivity index is 2.63. The van der Waals surface area contributed by atoms with Crippen molar-refractivity contribution < 1.29 is 14.3 Å². The lowest BCUT2D eigenvalue weighted by molar-refractivity contribution is 0.107. The fourth-order valence-corrected chi connectivity index (χ4v) is 1.86. The Morgan fingerprint density at radius 1 is 1.25 bits per heavy atom. The molecule has 0 aromatic heterocycles. The molecule has 0 saturated heterocycles. The minimum absolute atomic E-state index is 0.0260. The van der Waals surface area contributed by atoms with Crippen molar-refractivity contribution in [1.82, 2.24) is 0 Å². The van der Waals surface area contributed by atoms with Crippen LogP contribution in [0.25, 0.3) is 6.08 Å². The average Bonchev–Trinajstić information content (AvgIpc) is 2.63. The third-order valence-corrected chi connectivity index (χ3v) is 2.44. The summed E-state index contributed by atoms with van der Waals surface area (Å²) in [6.07, 6.45) is 1.42. The summed E-state index contributed by atoms with van der Waals surface area (Å²) in [7, 11) is 0. The van der Waals surface area contributed by atoms with Crippen LogP contribution in [0.4, 0.5) is 0 Å². The Kier molecular flexibility index (Phi) is 3.28. The lowest BCUT2D eigenvalue weighted by atomic mass is 10.1. The monoisotopic (exact) mass is 278 g/mol. The molecular formula is C10H5Cl3O3. The fraction of sp³-hybridized carbons (Fsp3) is 0.100. The number of ether oxygens (including phenoxy) is 2. The highest BCUT2D eigenvalue weighted by molar-refractivity contribution is 6.68. The van der Waals surface area contributed by atoms with E-state index in [1.807, 2.05) is 0 Å². The second kappa shape index (κ2) is 4.53. The zero-order chi connectivity index (χ0) is 11.7. The molecule has 0 amide bonds. The summed E-state index contributed by atoms with van der Waals surface area (Å²) < 4.78 is 10.3. The van der Waals surface area contributed by atoms with Gasteiger partial charge in [0, 0.05) is 0 Å². The Labute approximate surface area is 106 Å². The number of hydrogen-bond acceptors (Lipinski definition) is 3. The van der Waals surface area contributed by atoms with Gasteiger partial charge in [-0.05, 0) is 29.3 Å². The number of rotatable bonds is 2. The number of fused-ring (bicyclic) bond motifs is 1. The molecule has 3 nitrogen and oxygen atoms in total. The Hall–Kier alpha value is -0.900. The van der Waals surface area contributed by atoms with Crippen molar-refractivity contribution in [2.24, 2.45) is 0 Å². The van der Waals surface area contributed by atoms with Crippen LogP contribution in [0.15, 0.2) is 16.6 Å². The quantitative estimate of drug-likeness (QED) is 0.776. The van der Waals surface area contributed by atoms with Crippen LogP contribution >= 0.6 is 34.8 Å². The van der Waals surface area contributed by atoms with Gasteiger partial charge in [0.15, 0.2) is 11.5 Å². The molecule has 1 aliphatic rings. The van der Waals surface area contributed by atoms with Crippen LogP contribution in [0, 0.1) is 0 Å². The van der Waals surface area contributed by atoms with Gasteiger partial charge in [0.1, 0.15) is 4.49 Å². The summed E-state index contributed by atoms with van der Waals surface area (Å²) in [4.78, 5) is 11.3. The minimum atomic E-state index is -0.650. The van der Waals surface area contributed by atoms with E-state index < -0.39 is 5.24 Å². The molecule has 0 N–H and O–H groups in total. The van der Waals surface area contributed by atoms with Crippen LogP contribution < -0.4 is 9.47 Å². The summed E-state index contributed by atoms with van der Waals surface area (Å²) in [5.74, 6) is 0.801. The van der Waals surface area contributed by atoms with E-state index in [1.54, 1.807) is 12.1 Å². The number of carbonyl (C=O) groups excluding carboxylic acids is 1. The molecule has 0 saturated carbocycles. The van der Waals surface area contributed by atoms with Crippen molar-refractivity contribution in [3.63, 3.8) is 0 Å². The van der Waals surface area contributed by atoms with Gasteiger partial charge in [0.25, 0.3) is 5.24 Å². The first-order valence-electron chi connectivity index (χ1n) is 4.24. The molecule has 1 aliphatic heterocycles. The van der Waals surface area contributed by atoms with Crippen LogP contribution in [0.1, 0.15) is 15.9 Å². The van der Waals surface area contributed by atoms with E-state index in [-0.39, 0.29) is 16.8 Å². The summed E-state index contributed by atoms with van der Waals surface area (Å²) in [5, 5.41) is -0.650. The van der Waals surface area contributed by atoms with Crippen molar-refractivity contribution in [1.29, 1.82) is 0 Å². The zero-order valence-corrected chi connectivity index (χ0v) is 10.1. The largest absolute Gasteiger partial charge is 0.454 e. The molecule has 0 fully saturated rings. The van der Waals surface area contributed by atoms with Gasteiger partial charge >= 0.3 is 0 Å². The topological polar surface area (TPSA) is 35.5 Å². The third kappa shape index (κ3) is 2.12. The highest BCUT2D eigenvalue weighted by Gasteiger charge is 2.23. The number of halogens is 3. The standard InChI is InChI=1S/C10H5Cl3O3/c11-7(12)3-5-1-2-6-9(16-4-15-6)8(5)10(13)14/h1-3H,4H2. The zero-order valence-electron chi connectivity index (χ0n) is 7.80. The highest BCUT2D eigenvalue weighted by Crippen LogP contribution is 2.39. The fourth-order valence-electron chi connectivity index (χ4n) is 1.43. The van der Waals surface area contributed by atoms with Gasteiger partial charge in [-0.3, -0.25) is 4.79 Å². The summed E-state index contributed by atoms with van der Waals surface area (Å²) >= 11 is 16.6. The molecule has 2 rings (SSSR count). The van der Waals surface area contributed by atoms with Gasteiger partial charge in [-0.25, -0.2) is 0 Å². The molecule has 0 bridgehead atoms. The molecule has 1 heterocycles. The summed E-state index contributed by atoms with van der Waals surface area (Å²) in [5.41, 5.74) is 0.694. The van der Waals surface area contributed by atoms with E-state index in [2.05, 4.69) is 0 Å². The van der Waals surface area contributed by atoms with Crippen LogP contribution in [0.2, 0.25) is 0 Å². The van der Waals surface area contributed by atoms with Crippen LogP contribution in [-0.4, -0.2) is 12.0 Å². The number of hydrogen-bond donors (Lipinski definition) is 0. The van der Waals surface area contributed by atoms with Crippen molar-refractivity contribution in [3.05, 3.63) is 27.8 Å². The van der Waals surface area contributed by atoms with Crippen molar-refractivity contribution in [3.8, 4) is 11.5 Å². The van der Waals surface area contributed by atoms with E-state index in [0.717, 1.165) is 0 Å². The maximum atomic E-state index is 11.3. The van der Waals surface area contributed by atoms with Gasteiger partial charge in [-0.1, -0.05) is 29.3 Å². The maximum absolute atomic E-state index is 11.3. The summed E-state index contributed by atoms with van der Waals surface area (Å²) in [6.45, 7) is 0.0638. The molecule has 0 unspecified atom stereocenters. The molecule has 84 valence electrons. The van der Waals surface area contributed by atoms with E-state index >= 15 is 0 Å². The van der Waals surface area contributed by atoms with Crippen LogP contribution in [0.3, 0.4) is 0 Å². The normalized spacial score (nSPS) is 12.4. The van der Waals surface area contributed by atoms with Crippen LogP contribution in [0.5, 0.6) is 11.5 Å². The lowest BCUT2D eigenvalue weighted by Gasteiger charge is -2.05. The molecule has 1 aromatic carbocycles. The van der Waals surface area contributed by atoms with E-state index in [1.165, 1.54) is 6.08 Å². The molecule has 0 atom stereocenters. The Bertz CT molecular complexity index is 478. The smallest absolute Gasteiger partial charge is 0.256 e. The molecule has 0 radical (unpaired) electrons. The summed E-state index contributed by atoms with van der Waals surface area (Å²) in [6, 6.07) is 3.29. The molecule has 0 spiro atoms. The number of carbonyl (C=O) groups is 1. The first-order chi connectivity index (χ1) is 7.59. The average molecular weight is 280 g/mol. The Morgan fingerprint density at radius 2 is 2.00 bits per heavy atom. The lowest BCUT2D eigenvalue weighted by Crippen LogP contribution is -1.98.